The lowest BCUT2D eigenvalue weighted by molar-refractivity contribution is -0.384. The number of rotatable bonds is 6. The molecule has 0 fully saturated rings. The van der Waals surface area contributed by atoms with Gasteiger partial charge in [0.15, 0.2) is 12.7 Å². The van der Waals surface area contributed by atoms with E-state index >= 15 is 0 Å². The van der Waals surface area contributed by atoms with Crippen LogP contribution in [0.2, 0.25) is 0 Å². The number of benzene rings is 2. The molecule has 28 heavy (non-hydrogen) atoms. The van der Waals surface area contributed by atoms with Crippen LogP contribution in [0.25, 0.3) is 0 Å². The first-order valence-electron chi connectivity index (χ1n) is 8.19. The topological polar surface area (TPSA) is 137 Å². The Hall–Kier alpha value is -3.95. The van der Waals surface area contributed by atoms with E-state index in [9.17, 15) is 24.5 Å². The zero-order valence-corrected chi connectivity index (χ0v) is 14.4. The Morgan fingerprint density at radius 1 is 1.18 bits per heavy atom. The highest BCUT2D eigenvalue weighted by molar-refractivity contribution is 5.99. The van der Waals surface area contributed by atoms with Crippen molar-refractivity contribution >= 4 is 34.8 Å². The molecule has 0 aliphatic carbocycles. The normalized spacial score (nSPS) is 14.9. The van der Waals surface area contributed by atoms with E-state index in [1.165, 1.54) is 24.3 Å². The SMILES string of the molecule is O=C(COC(=O)CC1Oc2ccccc2NC1=O)Nc1ccc([N+](=O)[O-])cc1. The minimum absolute atomic E-state index is 0.114. The summed E-state index contributed by atoms with van der Waals surface area (Å²) in [6, 6.07) is 12.0. The highest BCUT2D eigenvalue weighted by Gasteiger charge is 2.30. The minimum atomic E-state index is -1.06. The lowest BCUT2D eigenvalue weighted by Gasteiger charge is -2.25. The van der Waals surface area contributed by atoms with Crippen LogP contribution in [0.1, 0.15) is 6.42 Å². The maximum absolute atomic E-state index is 12.0. The van der Waals surface area contributed by atoms with Gasteiger partial charge in [0, 0.05) is 17.8 Å². The average molecular weight is 385 g/mol. The summed E-state index contributed by atoms with van der Waals surface area (Å²) in [5.74, 6) is -1.44. The highest BCUT2D eigenvalue weighted by atomic mass is 16.6. The van der Waals surface area contributed by atoms with Gasteiger partial charge in [0.1, 0.15) is 5.75 Å². The summed E-state index contributed by atoms with van der Waals surface area (Å²) >= 11 is 0. The second-order valence-electron chi connectivity index (χ2n) is 5.81. The van der Waals surface area contributed by atoms with E-state index in [0.29, 0.717) is 17.1 Å². The Balaban J connectivity index is 1.47. The van der Waals surface area contributed by atoms with E-state index < -0.39 is 35.4 Å². The first-order chi connectivity index (χ1) is 13.4. The molecule has 2 aromatic rings. The molecule has 1 atom stereocenters. The number of carbonyl (C=O) groups is 3. The van der Waals surface area contributed by atoms with Gasteiger partial charge in [0.2, 0.25) is 0 Å². The smallest absolute Gasteiger partial charge is 0.310 e. The molecule has 2 amide bonds. The van der Waals surface area contributed by atoms with Crippen molar-refractivity contribution in [2.75, 3.05) is 17.2 Å². The van der Waals surface area contributed by atoms with Gasteiger partial charge in [-0.1, -0.05) is 12.1 Å². The number of carbonyl (C=O) groups excluding carboxylic acids is 3. The van der Waals surface area contributed by atoms with Gasteiger partial charge in [-0.15, -0.1) is 0 Å². The lowest BCUT2D eigenvalue weighted by Crippen LogP contribution is -2.39. The molecule has 1 heterocycles. The van der Waals surface area contributed by atoms with Crippen molar-refractivity contribution in [3.63, 3.8) is 0 Å². The van der Waals surface area contributed by atoms with E-state index in [2.05, 4.69) is 10.6 Å². The van der Waals surface area contributed by atoms with Gasteiger partial charge >= 0.3 is 5.97 Å². The summed E-state index contributed by atoms with van der Waals surface area (Å²) < 4.78 is 10.3. The molecule has 0 saturated heterocycles. The Labute approximate surface area is 158 Å². The van der Waals surface area contributed by atoms with Gasteiger partial charge in [-0.05, 0) is 24.3 Å². The van der Waals surface area contributed by atoms with Crippen LogP contribution < -0.4 is 15.4 Å². The fraction of sp³-hybridized carbons (Fsp3) is 0.167. The monoisotopic (exact) mass is 385 g/mol. The van der Waals surface area contributed by atoms with Crippen molar-refractivity contribution in [3.8, 4) is 5.75 Å². The summed E-state index contributed by atoms with van der Waals surface area (Å²) in [5.41, 5.74) is 0.717. The van der Waals surface area contributed by atoms with Gasteiger partial charge in [0.25, 0.3) is 17.5 Å². The van der Waals surface area contributed by atoms with Crippen molar-refractivity contribution in [2.45, 2.75) is 12.5 Å². The first kappa shape index (κ1) is 18.8. The van der Waals surface area contributed by atoms with E-state index in [0.717, 1.165) is 0 Å². The van der Waals surface area contributed by atoms with Crippen molar-refractivity contribution < 1.29 is 28.8 Å². The van der Waals surface area contributed by atoms with E-state index in [4.69, 9.17) is 9.47 Å². The van der Waals surface area contributed by atoms with Crippen LogP contribution in [-0.4, -0.2) is 35.4 Å². The Bertz CT molecular complexity index is 927. The zero-order chi connectivity index (χ0) is 20.1. The van der Waals surface area contributed by atoms with Crippen molar-refractivity contribution in [1.29, 1.82) is 0 Å². The quantitative estimate of drug-likeness (QED) is 0.440. The summed E-state index contributed by atoms with van der Waals surface area (Å²) in [7, 11) is 0. The van der Waals surface area contributed by atoms with Crippen LogP contribution >= 0.6 is 0 Å². The van der Waals surface area contributed by atoms with Gasteiger partial charge in [-0.25, -0.2) is 0 Å². The Morgan fingerprint density at radius 3 is 2.61 bits per heavy atom. The van der Waals surface area contributed by atoms with Crippen LogP contribution in [0.15, 0.2) is 48.5 Å². The summed E-state index contributed by atoms with van der Waals surface area (Å²) in [4.78, 5) is 45.7. The number of nitrogens with one attached hydrogen (secondary N) is 2. The summed E-state index contributed by atoms with van der Waals surface area (Å²) in [5, 5.41) is 15.7. The summed E-state index contributed by atoms with van der Waals surface area (Å²) in [6.45, 7) is -0.569. The minimum Gasteiger partial charge on any atom is -0.478 e. The second kappa shape index (κ2) is 8.16. The molecule has 2 N–H and O–H groups in total. The number of anilines is 2. The van der Waals surface area contributed by atoms with Crippen LogP contribution in [0, 0.1) is 10.1 Å². The summed E-state index contributed by atoms with van der Waals surface area (Å²) in [6.07, 6.45) is -1.41. The molecule has 2 aromatic carbocycles. The number of ether oxygens (including phenoxy) is 2. The van der Waals surface area contributed by atoms with Crippen molar-refractivity contribution in [1.82, 2.24) is 0 Å². The van der Waals surface area contributed by atoms with Crippen molar-refractivity contribution in [2.24, 2.45) is 0 Å². The Morgan fingerprint density at radius 2 is 1.89 bits per heavy atom. The molecule has 1 unspecified atom stereocenters. The second-order valence-corrected chi connectivity index (χ2v) is 5.81. The Kier molecular flexibility index (Phi) is 5.49. The first-order valence-corrected chi connectivity index (χ1v) is 8.19. The fourth-order valence-electron chi connectivity index (χ4n) is 2.45. The number of fused-ring (bicyclic) bond motifs is 1. The van der Waals surface area contributed by atoms with Crippen LogP contribution in [-0.2, 0) is 19.1 Å². The molecule has 1 aliphatic rings. The number of amides is 2. The molecule has 3 rings (SSSR count). The number of non-ortho nitro benzene ring substituents is 1. The van der Waals surface area contributed by atoms with Gasteiger partial charge < -0.3 is 20.1 Å². The predicted molar refractivity (Wildman–Crippen MR) is 96.8 cm³/mol. The molecule has 10 nitrogen and oxygen atoms in total. The zero-order valence-electron chi connectivity index (χ0n) is 14.4. The third-order valence-corrected chi connectivity index (χ3v) is 3.78. The van der Waals surface area contributed by atoms with Gasteiger partial charge in [-0.2, -0.15) is 0 Å². The van der Waals surface area contributed by atoms with Gasteiger partial charge in [-0.3, -0.25) is 24.5 Å². The third kappa shape index (κ3) is 4.61. The van der Waals surface area contributed by atoms with E-state index in [-0.39, 0.29) is 12.1 Å². The van der Waals surface area contributed by atoms with E-state index in [1.807, 2.05) is 0 Å². The predicted octanol–water partition coefficient (Wildman–Crippen LogP) is 1.87. The molecule has 0 spiro atoms. The van der Waals surface area contributed by atoms with Crippen LogP contribution in [0.4, 0.5) is 17.1 Å². The molecule has 0 radical (unpaired) electrons. The highest BCUT2D eigenvalue weighted by Crippen LogP contribution is 2.29. The molecule has 0 aromatic heterocycles. The number of esters is 1. The fourth-order valence-corrected chi connectivity index (χ4v) is 2.45. The number of para-hydroxylation sites is 2. The number of nitro benzene ring substituents is 1. The molecular formula is C18H15N3O7. The standard InChI is InChI=1S/C18H15N3O7/c22-16(19-11-5-7-12(8-6-11)21(25)26)10-27-17(23)9-15-18(24)20-13-3-1-2-4-14(13)28-15/h1-8,15H,9-10H2,(H,19,22)(H,20,24). The molecule has 1 aliphatic heterocycles. The van der Waals surface area contributed by atoms with Crippen LogP contribution in [0.5, 0.6) is 5.75 Å². The average Bonchev–Trinajstić information content (AvgIpc) is 2.67. The maximum Gasteiger partial charge on any atom is 0.310 e. The van der Waals surface area contributed by atoms with Gasteiger partial charge in [0.05, 0.1) is 17.0 Å². The van der Waals surface area contributed by atoms with E-state index in [1.54, 1.807) is 24.3 Å². The molecule has 144 valence electrons. The van der Waals surface area contributed by atoms with Crippen LogP contribution in [0.3, 0.4) is 0 Å². The third-order valence-electron chi connectivity index (χ3n) is 3.78. The molecule has 0 bridgehead atoms. The number of nitrogens with zero attached hydrogens (tertiary/aromatic N) is 1. The number of hydrogen-bond donors (Lipinski definition) is 2. The van der Waals surface area contributed by atoms with Crippen molar-refractivity contribution in [3.05, 3.63) is 58.6 Å². The molecule has 0 saturated carbocycles. The number of hydrogen-bond acceptors (Lipinski definition) is 7. The lowest BCUT2D eigenvalue weighted by atomic mass is 10.1. The maximum atomic E-state index is 12.0. The molecule has 10 heteroatoms. The largest absolute Gasteiger partial charge is 0.478 e. The molecular weight excluding hydrogens is 370 g/mol. The number of nitro groups is 1.